The number of aromatic amines is 1. The summed E-state index contributed by atoms with van der Waals surface area (Å²) in [7, 11) is 2.15. The molecule has 2 heterocycles. The third kappa shape index (κ3) is 5.23. The van der Waals surface area contributed by atoms with Crippen LogP contribution in [-0.2, 0) is 16.0 Å². The van der Waals surface area contributed by atoms with E-state index in [-0.39, 0.29) is 11.8 Å². The third-order valence-electron chi connectivity index (χ3n) is 6.88. The maximum atomic E-state index is 12.9. The summed E-state index contributed by atoms with van der Waals surface area (Å²) in [5.41, 5.74) is 6.11. The van der Waals surface area contributed by atoms with E-state index in [1.165, 1.54) is 27.6 Å². The van der Waals surface area contributed by atoms with Gasteiger partial charge in [-0.25, -0.2) is 4.79 Å². The molecular weight excluding hydrogens is 438 g/mol. The molecule has 2 aliphatic rings. The molecule has 5 rings (SSSR count). The summed E-state index contributed by atoms with van der Waals surface area (Å²) in [4.78, 5) is 30.6. The van der Waals surface area contributed by atoms with Crippen LogP contribution < -0.4 is 0 Å². The van der Waals surface area contributed by atoms with Crippen LogP contribution in [0.5, 0.6) is 0 Å². The van der Waals surface area contributed by atoms with E-state index in [4.69, 9.17) is 5.11 Å². The van der Waals surface area contributed by atoms with Gasteiger partial charge >= 0.3 is 5.97 Å². The largest absolute Gasteiger partial charge is 0.478 e. The molecule has 0 radical (unpaired) electrons. The van der Waals surface area contributed by atoms with Crippen molar-refractivity contribution < 1.29 is 14.7 Å². The molecule has 0 saturated heterocycles. The Morgan fingerprint density at radius 3 is 2.54 bits per heavy atom. The second-order valence-electron chi connectivity index (χ2n) is 9.02. The molecule has 2 atom stereocenters. The van der Waals surface area contributed by atoms with Crippen molar-refractivity contribution >= 4 is 34.4 Å². The van der Waals surface area contributed by atoms with Crippen LogP contribution in [0.4, 0.5) is 0 Å². The van der Waals surface area contributed by atoms with E-state index >= 15 is 0 Å². The van der Waals surface area contributed by atoms with E-state index in [9.17, 15) is 9.59 Å². The lowest BCUT2D eigenvalue weighted by molar-refractivity contribution is -0.134. The summed E-state index contributed by atoms with van der Waals surface area (Å²) in [5.74, 6) is -0.712. The highest BCUT2D eigenvalue weighted by Gasteiger charge is 2.36. The van der Waals surface area contributed by atoms with Crippen LogP contribution >= 0.6 is 0 Å². The molecule has 0 fully saturated rings. The third-order valence-corrected chi connectivity index (χ3v) is 6.88. The number of hydrogen-bond donors (Lipinski definition) is 2. The summed E-state index contributed by atoms with van der Waals surface area (Å²) in [5, 5.41) is 9.63. The number of nitrogens with one attached hydrogen (secondary N) is 1. The fraction of sp³-hybridized carbons (Fsp3) is 0.310. The van der Waals surface area contributed by atoms with E-state index in [2.05, 4.69) is 61.3 Å². The first-order chi connectivity index (χ1) is 16.9. The van der Waals surface area contributed by atoms with Crippen molar-refractivity contribution in [2.24, 2.45) is 5.92 Å². The number of H-pyrrole nitrogens is 1. The Kier molecular flexibility index (Phi) is 7.51. The van der Waals surface area contributed by atoms with Crippen molar-refractivity contribution in [3.05, 3.63) is 83.6 Å². The van der Waals surface area contributed by atoms with Crippen molar-refractivity contribution in [3.8, 4) is 0 Å². The number of likely N-dealkylation sites (N-methyl/N-ethyl adjacent to an activating group) is 1. The standard InChI is InChI=1S/C20H25N3O.C9H8O2/c1-4-23(5-2)20(24)14-9-16-15-7-6-8-17-19(15)13(11-21-17)10-18(16)22(3)12-14;10-9(11)7-6-8-4-2-1-3-5-8/h6-9,11,14,18,21H,4-5,10,12H2,1-3H3;1-7H,(H,10,11)/t14-,18-;/m1./s1. The van der Waals surface area contributed by atoms with Crippen LogP contribution in [0.1, 0.15) is 30.5 Å². The number of carboxylic acid groups (broad SMARTS) is 1. The van der Waals surface area contributed by atoms with Gasteiger partial charge in [0, 0.05) is 48.9 Å². The Balaban J connectivity index is 0.000000221. The predicted octanol–water partition coefficient (Wildman–Crippen LogP) is 4.69. The Morgan fingerprint density at radius 2 is 1.86 bits per heavy atom. The van der Waals surface area contributed by atoms with Gasteiger partial charge in [0.2, 0.25) is 5.91 Å². The molecule has 0 unspecified atom stereocenters. The van der Waals surface area contributed by atoms with E-state index in [1.807, 2.05) is 35.2 Å². The number of benzene rings is 2. The Morgan fingerprint density at radius 1 is 1.11 bits per heavy atom. The molecule has 2 N–H and O–H groups in total. The fourth-order valence-electron chi connectivity index (χ4n) is 5.11. The smallest absolute Gasteiger partial charge is 0.328 e. The highest BCUT2D eigenvalue weighted by Crippen LogP contribution is 2.40. The predicted molar refractivity (Wildman–Crippen MR) is 141 cm³/mol. The maximum Gasteiger partial charge on any atom is 0.328 e. The number of amides is 1. The maximum absolute atomic E-state index is 12.9. The van der Waals surface area contributed by atoms with Gasteiger partial charge in [0.25, 0.3) is 0 Å². The minimum Gasteiger partial charge on any atom is -0.478 e. The van der Waals surface area contributed by atoms with E-state index in [1.54, 1.807) is 6.08 Å². The molecule has 0 bridgehead atoms. The molecule has 0 spiro atoms. The number of carbonyl (C=O) groups excluding carboxylic acids is 1. The van der Waals surface area contributed by atoms with E-state index in [0.29, 0.717) is 6.04 Å². The van der Waals surface area contributed by atoms with Crippen LogP contribution in [0.15, 0.2) is 66.9 Å². The number of fused-ring (bicyclic) bond motifs is 2. The summed E-state index contributed by atoms with van der Waals surface area (Å²) in [6, 6.07) is 16.1. The SMILES string of the molecule is CCN(CC)C(=O)[C@@H]1C=C2c3cccc4[nH]cc(c34)C[C@H]2N(C)C1.O=C(O)C=Cc1ccccc1. The average molecular weight is 472 g/mol. The lowest BCUT2D eigenvalue weighted by atomic mass is 9.79. The number of hydrogen-bond acceptors (Lipinski definition) is 3. The first-order valence-electron chi connectivity index (χ1n) is 12.2. The van der Waals surface area contributed by atoms with Crippen LogP contribution in [0, 0.1) is 5.92 Å². The Bertz CT molecular complexity index is 1250. The topological polar surface area (TPSA) is 76.6 Å². The molecule has 2 aromatic carbocycles. The summed E-state index contributed by atoms with van der Waals surface area (Å²) >= 11 is 0. The van der Waals surface area contributed by atoms with Gasteiger partial charge < -0.3 is 15.0 Å². The summed E-state index contributed by atoms with van der Waals surface area (Å²) in [6.07, 6.45) is 8.09. The summed E-state index contributed by atoms with van der Waals surface area (Å²) in [6.45, 7) is 6.47. The van der Waals surface area contributed by atoms with Gasteiger partial charge in [-0.2, -0.15) is 0 Å². The normalized spacial score (nSPS) is 19.0. The molecule has 182 valence electrons. The second-order valence-corrected chi connectivity index (χ2v) is 9.02. The zero-order valence-corrected chi connectivity index (χ0v) is 20.6. The lowest BCUT2D eigenvalue weighted by Crippen LogP contribution is -2.47. The molecule has 0 saturated carbocycles. The Hall–Kier alpha value is -3.64. The van der Waals surface area contributed by atoms with Gasteiger partial charge in [-0.1, -0.05) is 48.5 Å². The molecule has 35 heavy (non-hydrogen) atoms. The monoisotopic (exact) mass is 471 g/mol. The Labute approximate surface area is 206 Å². The number of carbonyl (C=O) groups is 2. The van der Waals surface area contributed by atoms with E-state index in [0.717, 1.165) is 37.7 Å². The van der Waals surface area contributed by atoms with Crippen LogP contribution in [0.3, 0.4) is 0 Å². The molecular formula is C29H33N3O3. The molecule has 1 amide bonds. The zero-order valence-electron chi connectivity index (χ0n) is 20.6. The van der Waals surface area contributed by atoms with Gasteiger partial charge in [0.1, 0.15) is 0 Å². The van der Waals surface area contributed by atoms with Crippen molar-refractivity contribution in [3.63, 3.8) is 0 Å². The average Bonchev–Trinajstić information content (AvgIpc) is 3.29. The highest BCUT2D eigenvalue weighted by molar-refractivity contribution is 5.99. The number of aliphatic carboxylic acids is 1. The molecule has 1 aromatic heterocycles. The van der Waals surface area contributed by atoms with Crippen molar-refractivity contribution in [2.75, 3.05) is 26.7 Å². The molecule has 1 aliphatic heterocycles. The molecule has 6 nitrogen and oxygen atoms in total. The van der Waals surface area contributed by atoms with Gasteiger partial charge in [-0.15, -0.1) is 0 Å². The van der Waals surface area contributed by atoms with Gasteiger partial charge in [0.15, 0.2) is 0 Å². The van der Waals surface area contributed by atoms with Crippen molar-refractivity contribution in [1.82, 2.24) is 14.8 Å². The van der Waals surface area contributed by atoms with E-state index < -0.39 is 5.97 Å². The summed E-state index contributed by atoms with van der Waals surface area (Å²) < 4.78 is 0. The van der Waals surface area contributed by atoms with Crippen molar-refractivity contribution in [1.29, 1.82) is 0 Å². The minimum absolute atomic E-state index is 0.0445. The van der Waals surface area contributed by atoms with Gasteiger partial charge in [-0.3, -0.25) is 9.69 Å². The van der Waals surface area contributed by atoms with Crippen LogP contribution in [0.25, 0.3) is 22.6 Å². The van der Waals surface area contributed by atoms with Crippen LogP contribution in [-0.4, -0.2) is 64.5 Å². The minimum atomic E-state index is -0.922. The van der Waals surface area contributed by atoms with Crippen LogP contribution in [0.2, 0.25) is 0 Å². The number of nitrogens with zero attached hydrogens (tertiary/aromatic N) is 2. The zero-order chi connectivity index (χ0) is 24.9. The van der Waals surface area contributed by atoms with Crippen molar-refractivity contribution in [2.45, 2.75) is 26.3 Å². The fourth-order valence-corrected chi connectivity index (χ4v) is 5.11. The lowest BCUT2D eigenvalue weighted by Gasteiger charge is -2.40. The van der Waals surface area contributed by atoms with Gasteiger partial charge in [-0.05, 0) is 61.7 Å². The number of rotatable bonds is 5. The quantitative estimate of drug-likeness (QED) is 0.530. The molecule has 1 aliphatic carbocycles. The molecule has 3 aromatic rings. The first-order valence-corrected chi connectivity index (χ1v) is 12.2. The van der Waals surface area contributed by atoms with Gasteiger partial charge in [0.05, 0.1) is 5.92 Å². The number of carboxylic acids is 1. The number of aromatic nitrogens is 1. The first kappa shape index (κ1) is 24.5. The highest BCUT2D eigenvalue weighted by atomic mass is 16.4. The second kappa shape index (κ2) is 10.7. The molecule has 6 heteroatoms.